The fraction of sp³-hybridized carbons (Fsp3) is 0.455. The van der Waals surface area contributed by atoms with Gasteiger partial charge in [-0.2, -0.15) is 0 Å². The number of benzene rings is 1. The highest BCUT2D eigenvalue weighted by molar-refractivity contribution is 5.42. The SMILES string of the molecule is COc1cc(O)[c]cc1C(C)(C)C. The second kappa shape index (κ2) is 3.29. The number of phenolic OH excluding ortho intramolecular Hbond substituents is 1. The molecule has 0 heterocycles. The van der Waals surface area contributed by atoms with Gasteiger partial charge in [0.15, 0.2) is 0 Å². The summed E-state index contributed by atoms with van der Waals surface area (Å²) in [6, 6.07) is 6.11. The average Bonchev–Trinajstić information content (AvgIpc) is 2.01. The lowest BCUT2D eigenvalue weighted by Crippen LogP contribution is -2.12. The van der Waals surface area contributed by atoms with Crippen LogP contribution in [0.1, 0.15) is 26.3 Å². The normalized spacial score (nSPS) is 11.4. The topological polar surface area (TPSA) is 29.5 Å². The molecule has 0 fully saturated rings. The first-order valence-electron chi connectivity index (χ1n) is 4.24. The van der Waals surface area contributed by atoms with Crippen LogP contribution in [0.15, 0.2) is 12.1 Å². The number of aromatic hydroxyl groups is 1. The third-order valence-electron chi connectivity index (χ3n) is 1.93. The highest BCUT2D eigenvalue weighted by atomic mass is 16.5. The van der Waals surface area contributed by atoms with Crippen molar-refractivity contribution in [2.45, 2.75) is 26.2 Å². The molecule has 1 radical (unpaired) electrons. The molecule has 0 aromatic heterocycles. The van der Waals surface area contributed by atoms with E-state index in [9.17, 15) is 5.11 Å². The van der Waals surface area contributed by atoms with Crippen molar-refractivity contribution in [3.8, 4) is 11.5 Å². The van der Waals surface area contributed by atoms with Gasteiger partial charge in [-0.05, 0) is 11.5 Å². The third kappa shape index (κ3) is 2.14. The van der Waals surface area contributed by atoms with Crippen molar-refractivity contribution in [2.75, 3.05) is 7.11 Å². The Bertz CT molecular complexity index is 297. The van der Waals surface area contributed by atoms with Gasteiger partial charge in [-0.25, -0.2) is 0 Å². The minimum atomic E-state index is 0.00947. The van der Waals surface area contributed by atoms with E-state index in [-0.39, 0.29) is 11.2 Å². The van der Waals surface area contributed by atoms with E-state index in [1.54, 1.807) is 19.2 Å². The van der Waals surface area contributed by atoms with Gasteiger partial charge in [-0.1, -0.05) is 20.8 Å². The minimum Gasteiger partial charge on any atom is -0.507 e. The summed E-state index contributed by atoms with van der Waals surface area (Å²) in [5, 5.41) is 9.20. The lowest BCUT2D eigenvalue weighted by atomic mass is 9.86. The van der Waals surface area contributed by atoms with Gasteiger partial charge >= 0.3 is 0 Å². The monoisotopic (exact) mass is 179 g/mol. The summed E-state index contributed by atoms with van der Waals surface area (Å²) in [5.74, 6) is 0.827. The van der Waals surface area contributed by atoms with Crippen LogP contribution in [0.25, 0.3) is 0 Å². The number of methoxy groups -OCH3 is 1. The second-order valence-corrected chi connectivity index (χ2v) is 4.05. The first kappa shape index (κ1) is 9.90. The molecule has 71 valence electrons. The molecule has 0 saturated carbocycles. The molecular formula is C11H15O2. The van der Waals surface area contributed by atoms with Crippen LogP contribution >= 0.6 is 0 Å². The Morgan fingerprint density at radius 3 is 2.46 bits per heavy atom. The molecule has 1 N–H and O–H groups in total. The summed E-state index contributed by atoms with van der Waals surface area (Å²) < 4.78 is 5.17. The van der Waals surface area contributed by atoms with E-state index >= 15 is 0 Å². The van der Waals surface area contributed by atoms with Crippen molar-refractivity contribution in [1.29, 1.82) is 0 Å². The van der Waals surface area contributed by atoms with Gasteiger partial charge in [0.2, 0.25) is 0 Å². The summed E-state index contributed by atoms with van der Waals surface area (Å²) in [6.45, 7) is 6.28. The first-order chi connectivity index (χ1) is 5.95. The molecule has 1 aromatic rings. The highest BCUT2D eigenvalue weighted by Crippen LogP contribution is 2.33. The summed E-state index contributed by atoms with van der Waals surface area (Å²) in [4.78, 5) is 0. The Labute approximate surface area is 79.2 Å². The fourth-order valence-corrected chi connectivity index (χ4v) is 1.22. The molecule has 2 heteroatoms. The molecule has 0 unspecified atom stereocenters. The Kier molecular flexibility index (Phi) is 2.50. The molecule has 0 bridgehead atoms. The number of rotatable bonds is 1. The lowest BCUT2D eigenvalue weighted by Gasteiger charge is -2.21. The predicted molar refractivity (Wildman–Crippen MR) is 52.2 cm³/mol. The van der Waals surface area contributed by atoms with Gasteiger partial charge in [-0.3, -0.25) is 0 Å². The number of ether oxygens (including phenoxy) is 1. The van der Waals surface area contributed by atoms with E-state index in [0.29, 0.717) is 5.75 Å². The molecular weight excluding hydrogens is 164 g/mol. The van der Waals surface area contributed by atoms with E-state index in [1.165, 1.54) is 0 Å². The van der Waals surface area contributed by atoms with Crippen LogP contribution in [0.2, 0.25) is 0 Å². The predicted octanol–water partition coefficient (Wildman–Crippen LogP) is 2.50. The molecule has 0 spiro atoms. The Balaban J connectivity index is 3.22. The average molecular weight is 179 g/mol. The fourth-order valence-electron chi connectivity index (χ4n) is 1.22. The number of hydrogen-bond acceptors (Lipinski definition) is 2. The van der Waals surface area contributed by atoms with Crippen LogP contribution in [-0.4, -0.2) is 12.2 Å². The Hall–Kier alpha value is -1.18. The van der Waals surface area contributed by atoms with E-state index in [2.05, 4.69) is 26.8 Å². The quantitative estimate of drug-likeness (QED) is 0.717. The van der Waals surface area contributed by atoms with E-state index in [0.717, 1.165) is 5.56 Å². The summed E-state index contributed by atoms with van der Waals surface area (Å²) in [7, 11) is 1.60. The minimum absolute atomic E-state index is 0.00947. The maximum absolute atomic E-state index is 9.20. The van der Waals surface area contributed by atoms with Gasteiger partial charge in [0.05, 0.1) is 7.11 Å². The van der Waals surface area contributed by atoms with Gasteiger partial charge < -0.3 is 9.84 Å². The van der Waals surface area contributed by atoms with Crippen molar-refractivity contribution in [3.05, 3.63) is 23.8 Å². The van der Waals surface area contributed by atoms with Gasteiger partial charge in [0.25, 0.3) is 0 Å². The molecule has 1 rings (SSSR count). The van der Waals surface area contributed by atoms with Crippen LogP contribution < -0.4 is 4.74 Å². The van der Waals surface area contributed by atoms with Crippen molar-refractivity contribution < 1.29 is 9.84 Å². The molecule has 0 aliphatic rings. The van der Waals surface area contributed by atoms with E-state index in [4.69, 9.17) is 4.74 Å². The molecule has 1 aromatic carbocycles. The highest BCUT2D eigenvalue weighted by Gasteiger charge is 2.18. The Morgan fingerprint density at radius 2 is 2.00 bits per heavy atom. The summed E-state index contributed by atoms with van der Waals surface area (Å²) >= 11 is 0. The third-order valence-corrected chi connectivity index (χ3v) is 1.93. The van der Waals surface area contributed by atoms with Crippen LogP contribution in [0.4, 0.5) is 0 Å². The molecule has 0 aliphatic heterocycles. The molecule has 0 amide bonds. The van der Waals surface area contributed by atoms with E-state index < -0.39 is 0 Å². The lowest BCUT2D eigenvalue weighted by molar-refractivity contribution is 0.391. The van der Waals surface area contributed by atoms with Crippen LogP contribution in [0.5, 0.6) is 11.5 Å². The van der Waals surface area contributed by atoms with Crippen molar-refractivity contribution in [3.63, 3.8) is 0 Å². The van der Waals surface area contributed by atoms with E-state index in [1.807, 2.05) is 0 Å². The standard InChI is InChI=1S/C11H15O2/c1-11(2,3)9-6-5-8(12)7-10(9)13-4/h6-7,12H,1-4H3. The first-order valence-corrected chi connectivity index (χ1v) is 4.24. The zero-order valence-electron chi connectivity index (χ0n) is 8.51. The molecule has 0 saturated heterocycles. The second-order valence-electron chi connectivity index (χ2n) is 4.05. The Morgan fingerprint density at radius 1 is 1.38 bits per heavy atom. The zero-order valence-corrected chi connectivity index (χ0v) is 8.51. The van der Waals surface area contributed by atoms with Gasteiger partial charge in [-0.15, -0.1) is 0 Å². The maximum atomic E-state index is 9.20. The number of hydrogen-bond donors (Lipinski definition) is 1. The summed E-state index contributed by atoms with van der Waals surface area (Å²) in [6.07, 6.45) is 0. The van der Waals surface area contributed by atoms with Crippen molar-refractivity contribution >= 4 is 0 Å². The molecule has 13 heavy (non-hydrogen) atoms. The molecule has 2 nitrogen and oxygen atoms in total. The number of phenols is 1. The van der Waals surface area contributed by atoms with Crippen molar-refractivity contribution in [1.82, 2.24) is 0 Å². The smallest absolute Gasteiger partial charge is 0.127 e. The van der Waals surface area contributed by atoms with Crippen LogP contribution in [0, 0.1) is 6.07 Å². The molecule has 0 atom stereocenters. The zero-order chi connectivity index (χ0) is 10.1. The van der Waals surface area contributed by atoms with Gasteiger partial charge in [0, 0.05) is 17.7 Å². The van der Waals surface area contributed by atoms with Crippen LogP contribution in [-0.2, 0) is 5.41 Å². The van der Waals surface area contributed by atoms with Gasteiger partial charge in [0.1, 0.15) is 11.5 Å². The summed E-state index contributed by atoms with van der Waals surface area (Å²) in [5.41, 5.74) is 1.06. The van der Waals surface area contributed by atoms with Crippen molar-refractivity contribution in [2.24, 2.45) is 0 Å². The molecule has 0 aliphatic carbocycles. The largest absolute Gasteiger partial charge is 0.507 e. The maximum Gasteiger partial charge on any atom is 0.127 e. The van der Waals surface area contributed by atoms with Crippen LogP contribution in [0.3, 0.4) is 0 Å².